The van der Waals surface area contributed by atoms with Crippen LogP contribution in [0.4, 0.5) is 5.69 Å². The van der Waals surface area contributed by atoms with Crippen molar-refractivity contribution in [2.24, 2.45) is 11.3 Å². The smallest absolute Gasteiger partial charge is 0.225 e. The second-order valence-electron chi connectivity index (χ2n) is 11.6. The Morgan fingerprint density at radius 1 is 1.24 bits per heavy atom. The number of nitrogens with zero attached hydrogens (tertiary/aromatic N) is 1. The molecule has 1 aromatic carbocycles. The summed E-state index contributed by atoms with van der Waals surface area (Å²) in [5.74, 6) is 1.68. The lowest BCUT2D eigenvalue weighted by Gasteiger charge is -2.35. The van der Waals surface area contributed by atoms with Gasteiger partial charge in [-0.15, -0.1) is 0 Å². The van der Waals surface area contributed by atoms with Crippen molar-refractivity contribution >= 4 is 11.6 Å². The molecule has 3 atom stereocenters. The van der Waals surface area contributed by atoms with Gasteiger partial charge < -0.3 is 35.1 Å². The summed E-state index contributed by atoms with van der Waals surface area (Å²) in [6.45, 7) is 11.8. The van der Waals surface area contributed by atoms with Crippen LogP contribution in [0, 0.1) is 11.3 Å². The Labute approximate surface area is 223 Å². The van der Waals surface area contributed by atoms with E-state index >= 15 is 0 Å². The largest absolute Gasteiger partial charge is 0.490 e. The fourth-order valence-electron chi connectivity index (χ4n) is 5.74. The van der Waals surface area contributed by atoms with Crippen LogP contribution in [0.15, 0.2) is 18.2 Å². The predicted octanol–water partition coefficient (Wildman–Crippen LogP) is 3.09. The van der Waals surface area contributed by atoms with E-state index < -0.39 is 0 Å². The van der Waals surface area contributed by atoms with Gasteiger partial charge >= 0.3 is 0 Å². The van der Waals surface area contributed by atoms with Crippen LogP contribution in [0.2, 0.25) is 0 Å². The number of amides is 1. The molecule has 1 aromatic rings. The summed E-state index contributed by atoms with van der Waals surface area (Å²) >= 11 is 0. The van der Waals surface area contributed by atoms with Crippen LogP contribution in [0.1, 0.15) is 57.9 Å². The highest BCUT2D eigenvalue weighted by Crippen LogP contribution is 2.33. The van der Waals surface area contributed by atoms with Gasteiger partial charge in [-0.3, -0.25) is 4.79 Å². The quantitative estimate of drug-likeness (QED) is 0.368. The summed E-state index contributed by atoms with van der Waals surface area (Å²) in [6, 6.07) is 6.74. The predicted molar refractivity (Wildman–Crippen MR) is 147 cm³/mol. The highest BCUT2D eigenvalue weighted by Gasteiger charge is 2.33. The van der Waals surface area contributed by atoms with Gasteiger partial charge in [-0.05, 0) is 75.2 Å². The fraction of sp³-hybridized carbons (Fsp3) is 0.759. The second-order valence-corrected chi connectivity index (χ2v) is 11.6. The number of benzene rings is 1. The third kappa shape index (κ3) is 8.31. The number of carbonyl (C=O) groups is 1. The minimum atomic E-state index is -0.381. The van der Waals surface area contributed by atoms with Gasteiger partial charge in [0.2, 0.25) is 5.91 Å². The molecule has 3 aliphatic rings. The van der Waals surface area contributed by atoms with E-state index in [1.54, 1.807) is 7.11 Å². The Morgan fingerprint density at radius 3 is 2.89 bits per heavy atom. The van der Waals surface area contributed by atoms with E-state index in [9.17, 15) is 4.79 Å². The summed E-state index contributed by atoms with van der Waals surface area (Å²) in [5.41, 5.74) is 1.95. The van der Waals surface area contributed by atoms with Gasteiger partial charge in [-0.2, -0.15) is 0 Å². The van der Waals surface area contributed by atoms with Crippen molar-refractivity contribution in [1.82, 2.24) is 16.0 Å². The third-order valence-electron chi connectivity index (χ3n) is 8.04. The van der Waals surface area contributed by atoms with Gasteiger partial charge in [-0.25, -0.2) is 0 Å². The highest BCUT2D eigenvalue weighted by atomic mass is 16.5. The van der Waals surface area contributed by atoms with Crippen molar-refractivity contribution in [3.05, 3.63) is 23.8 Å². The van der Waals surface area contributed by atoms with Gasteiger partial charge in [0.25, 0.3) is 0 Å². The van der Waals surface area contributed by atoms with E-state index in [4.69, 9.17) is 14.2 Å². The molecular formula is C29H48N4O4. The molecular weight excluding hydrogens is 468 g/mol. The van der Waals surface area contributed by atoms with Crippen LogP contribution in [-0.4, -0.2) is 77.6 Å². The molecule has 0 spiro atoms. The lowest BCUT2D eigenvalue weighted by molar-refractivity contribution is -0.130. The minimum absolute atomic E-state index is 0.172. The van der Waals surface area contributed by atoms with E-state index in [-0.39, 0.29) is 17.4 Å². The van der Waals surface area contributed by atoms with Crippen LogP contribution >= 0.6 is 0 Å². The second kappa shape index (κ2) is 13.8. The molecule has 1 amide bonds. The normalized spacial score (nSPS) is 24.3. The monoisotopic (exact) mass is 516 g/mol. The van der Waals surface area contributed by atoms with E-state index in [0.717, 1.165) is 89.6 Å². The number of ether oxygens (including phenoxy) is 3. The summed E-state index contributed by atoms with van der Waals surface area (Å²) < 4.78 is 17.4. The first kappa shape index (κ1) is 28.1. The molecule has 0 aliphatic carbocycles. The zero-order valence-electron chi connectivity index (χ0n) is 23.2. The van der Waals surface area contributed by atoms with Gasteiger partial charge in [0, 0.05) is 44.8 Å². The molecule has 0 bridgehead atoms. The van der Waals surface area contributed by atoms with Crippen LogP contribution in [-0.2, 0) is 20.9 Å². The molecule has 0 aromatic heterocycles. The lowest BCUT2D eigenvalue weighted by atomic mass is 9.82. The summed E-state index contributed by atoms with van der Waals surface area (Å²) in [5, 5.41) is 10.3. The van der Waals surface area contributed by atoms with Crippen molar-refractivity contribution in [2.75, 3.05) is 64.5 Å². The molecule has 3 heterocycles. The first-order valence-corrected chi connectivity index (χ1v) is 14.3. The first-order chi connectivity index (χ1) is 17.9. The molecule has 3 aliphatic heterocycles. The zero-order chi connectivity index (χ0) is 26.1. The minimum Gasteiger partial charge on any atom is -0.490 e. The molecule has 8 nitrogen and oxygen atoms in total. The van der Waals surface area contributed by atoms with Crippen molar-refractivity contribution in [2.45, 2.75) is 71.1 Å². The number of piperidine rings is 2. The van der Waals surface area contributed by atoms with E-state index in [0.29, 0.717) is 18.6 Å². The Hall–Kier alpha value is -1.87. The van der Waals surface area contributed by atoms with Crippen molar-refractivity contribution < 1.29 is 19.0 Å². The summed E-state index contributed by atoms with van der Waals surface area (Å²) in [7, 11) is 1.75. The molecule has 8 heteroatoms. The molecule has 3 N–H and O–H groups in total. The number of fused-ring (bicyclic) bond motifs is 1. The van der Waals surface area contributed by atoms with E-state index in [1.807, 2.05) is 0 Å². The number of anilines is 1. The zero-order valence-corrected chi connectivity index (χ0v) is 23.2. The molecule has 2 saturated heterocycles. The maximum Gasteiger partial charge on any atom is 0.225 e. The van der Waals surface area contributed by atoms with E-state index in [2.05, 4.69) is 52.9 Å². The molecule has 4 rings (SSSR count). The van der Waals surface area contributed by atoms with Crippen LogP contribution in [0.3, 0.4) is 0 Å². The van der Waals surface area contributed by atoms with E-state index in [1.165, 1.54) is 18.4 Å². The molecule has 0 saturated carbocycles. The summed E-state index contributed by atoms with van der Waals surface area (Å²) in [4.78, 5) is 15.3. The van der Waals surface area contributed by atoms with Gasteiger partial charge in [-0.1, -0.05) is 19.9 Å². The Bertz CT molecular complexity index is 850. The topological polar surface area (TPSA) is 84.1 Å². The SMILES string of the molecule is COCCCN1CCOc2ccc(CO[C@@H]3CC[C@@H](CC(C)(C)C(=O)NC[C@H]4CCCNC4)NC3)cc21. The van der Waals surface area contributed by atoms with Crippen LogP contribution < -0.4 is 25.6 Å². The maximum absolute atomic E-state index is 12.9. The number of hydrogen-bond acceptors (Lipinski definition) is 7. The number of rotatable bonds is 12. The lowest BCUT2D eigenvalue weighted by Crippen LogP contribution is -2.48. The average Bonchev–Trinajstić information content (AvgIpc) is 2.92. The molecule has 37 heavy (non-hydrogen) atoms. The van der Waals surface area contributed by atoms with Crippen LogP contribution in [0.5, 0.6) is 5.75 Å². The fourth-order valence-corrected chi connectivity index (χ4v) is 5.74. The van der Waals surface area contributed by atoms with Gasteiger partial charge in [0.15, 0.2) is 0 Å². The Morgan fingerprint density at radius 2 is 2.14 bits per heavy atom. The number of nitrogens with one attached hydrogen (secondary N) is 3. The average molecular weight is 517 g/mol. The third-order valence-corrected chi connectivity index (χ3v) is 8.04. The van der Waals surface area contributed by atoms with Crippen molar-refractivity contribution in [1.29, 1.82) is 0 Å². The molecule has 2 fully saturated rings. The first-order valence-electron chi connectivity index (χ1n) is 14.3. The maximum atomic E-state index is 12.9. The van der Waals surface area contributed by atoms with Crippen LogP contribution in [0.25, 0.3) is 0 Å². The Kier molecular flexibility index (Phi) is 10.5. The number of hydrogen-bond donors (Lipinski definition) is 3. The van der Waals surface area contributed by atoms with Crippen molar-refractivity contribution in [3.63, 3.8) is 0 Å². The highest BCUT2D eigenvalue weighted by molar-refractivity contribution is 5.81. The summed E-state index contributed by atoms with van der Waals surface area (Å²) in [6.07, 6.45) is 6.48. The van der Waals surface area contributed by atoms with Crippen molar-refractivity contribution in [3.8, 4) is 5.75 Å². The standard InChI is InChI=1S/C29H48N4O4/c1-29(2,28(34)32-19-23-6-4-11-30-18-23)17-24-8-9-25(20-31-24)37-21-22-7-10-27-26(16-22)33(13-15-36-27)12-5-14-35-3/h7,10,16,23-25,30-31H,4-6,8-9,11-15,17-21H2,1-3H3,(H,32,34)/t23-,24-,25+/m0/s1. The van der Waals surface area contributed by atoms with Gasteiger partial charge in [0.1, 0.15) is 12.4 Å². The molecule has 0 radical (unpaired) electrons. The van der Waals surface area contributed by atoms with Gasteiger partial charge in [0.05, 0.1) is 24.9 Å². The molecule has 0 unspecified atom stereocenters. The Balaban J connectivity index is 1.19. The number of carbonyl (C=O) groups excluding carboxylic acids is 1. The number of methoxy groups -OCH3 is 1. The molecule has 208 valence electrons.